The molecule has 0 bridgehead atoms. The van der Waals surface area contributed by atoms with E-state index in [9.17, 15) is 0 Å². The summed E-state index contributed by atoms with van der Waals surface area (Å²) in [5.41, 5.74) is 9.01. The van der Waals surface area contributed by atoms with Crippen molar-refractivity contribution in [2.24, 2.45) is 11.7 Å². The number of hydrogen-bond acceptors (Lipinski definition) is 3. The fraction of sp³-hybridized carbons (Fsp3) is 0.600. The summed E-state index contributed by atoms with van der Waals surface area (Å²) in [6.45, 7) is 8.36. The highest BCUT2D eigenvalue weighted by molar-refractivity contribution is 5.99. The molecule has 0 atom stereocenters. The Hall–Kier alpha value is -1.58. The third kappa shape index (κ3) is 2.88. The largest absolute Gasteiger partial charge is 0.384 e. The van der Waals surface area contributed by atoms with Gasteiger partial charge in [0.1, 0.15) is 11.7 Å². The Balaban J connectivity index is 2.44. The van der Waals surface area contributed by atoms with Crippen molar-refractivity contribution in [2.45, 2.75) is 40.0 Å². The molecule has 0 radical (unpaired) electrons. The van der Waals surface area contributed by atoms with Crippen molar-refractivity contribution in [1.29, 1.82) is 5.41 Å². The number of pyridine rings is 1. The first-order valence-corrected chi connectivity index (χ1v) is 7.15. The molecule has 0 saturated heterocycles. The molecule has 104 valence electrons. The van der Waals surface area contributed by atoms with Gasteiger partial charge in [-0.25, -0.2) is 4.98 Å². The highest BCUT2D eigenvalue weighted by atomic mass is 15.2. The number of hydrogen-bond donors (Lipinski definition) is 2. The van der Waals surface area contributed by atoms with Crippen LogP contribution in [0.2, 0.25) is 0 Å². The second-order valence-electron chi connectivity index (χ2n) is 5.67. The number of nitrogens with zero attached hydrogens (tertiary/aromatic N) is 2. The lowest BCUT2D eigenvalue weighted by atomic mass is 10.1. The fourth-order valence-electron chi connectivity index (χ4n) is 2.71. The van der Waals surface area contributed by atoms with E-state index >= 15 is 0 Å². The number of rotatable bonds is 5. The predicted octanol–water partition coefficient (Wildman–Crippen LogP) is 2.34. The van der Waals surface area contributed by atoms with Crippen LogP contribution in [0, 0.1) is 11.3 Å². The first-order chi connectivity index (χ1) is 9.02. The quantitative estimate of drug-likeness (QED) is 0.631. The molecule has 1 heterocycles. The molecule has 0 saturated carbocycles. The average Bonchev–Trinajstić information content (AvgIpc) is 2.81. The zero-order valence-electron chi connectivity index (χ0n) is 12.2. The number of amidine groups is 1. The van der Waals surface area contributed by atoms with Crippen LogP contribution in [0.3, 0.4) is 0 Å². The van der Waals surface area contributed by atoms with Gasteiger partial charge in [-0.2, -0.15) is 0 Å². The average molecular weight is 260 g/mol. The summed E-state index contributed by atoms with van der Waals surface area (Å²) in [6, 6.07) is 2.08. The Morgan fingerprint density at radius 1 is 1.47 bits per heavy atom. The Kier molecular flexibility index (Phi) is 4.08. The van der Waals surface area contributed by atoms with Crippen LogP contribution in [-0.2, 0) is 12.8 Å². The number of aryl methyl sites for hydroxylation is 2. The standard InChI is InChI=1S/C15H24N4/c1-4-19(9-10(2)3)15-12(14(16)17)8-11-6-5-7-13(11)18-15/h8,10H,4-7,9H2,1-3H3,(H3,16,17). The van der Waals surface area contributed by atoms with Crippen LogP contribution in [0.1, 0.15) is 44.0 Å². The van der Waals surface area contributed by atoms with Gasteiger partial charge in [-0.15, -0.1) is 0 Å². The Morgan fingerprint density at radius 3 is 2.79 bits per heavy atom. The third-order valence-electron chi connectivity index (χ3n) is 3.59. The van der Waals surface area contributed by atoms with Crippen molar-refractivity contribution in [3.8, 4) is 0 Å². The molecule has 2 rings (SSSR count). The van der Waals surface area contributed by atoms with Crippen molar-refractivity contribution in [3.63, 3.8) is 0 Å². The maximum absolute atomic E-state index is 7.80. The first-order valence-electron chi connectivity index (χ1n) is 7.15. The van der Waals surface area contributed by atoms with Crippen molar-refractivity contribution in [1.82, 2.24) is 4.98 Å². The minimum Gasteiger partial charge on any atom is -0.384 e. The Morgan fingerprint density at radius 2 is 2.21 bits per heavy atom. The van der Waals surface area contributed by atoms with E-state index in [1.165, 1.54) is 17.7 Å². The summed E-state index contributed by atoms with van der Waals surface area (Å²) in [6.07, 6.45) is 3.29. The van der Waals surface area contributed by atoms with Crippen molar-refractivity contribution < 1.29 is 0 Å². The molecule has 0 aliphatic heterocycles. The topological polar surface area (TPSA) is 66.0 Å². The molecule has 0 spiro atoms. The van der Waals surface area contributed by atoms with Gasteiger partial charge in [-0.1, -0.05) is 13.8 Å². The van der Waals surface area contributed by atoms with E-state index in [4.69, 9.17) is 16.1 Å². The monoisotopic (exact) mass is 260 g/mol. The van der Waals surface area contributed by atoms with Gasteiger partial charge in [0.15, 0.2) is 0 Å². The highest BCUT2D eigenvalue weighted by Gasteiger charge is 2.21. The summed E-state index contributed by atoms with van der Waals surface area (Å²) >= 11 is 0. The van der Waals surface area contributed by atoms with E-state index < -0.39 is 0 Å². The van der Waals surface area contributed by atoms with Crippen molar-refractivity contribution >= 4 is 11.7 Å². The van der Waals surface area contributed by atoms with Crippen LogP contribution in [0.25, 0.3) is 0 Å². The molecule has 1 aliphatic rings. The number of anilines is 1. The van der Waals surface area contributed by atoms with Crippen LogP contribution in [0.15, 0.2) is 6.07 Å². The predicted molar refractivity (Wildman–Crippen MR) is 80.0 cm³/mol. The van der Waals surface area contributed by atoms with Gasteiger partial charge in [-0.3, -0.25) is 5.41 Å². The molecule has 1 aliphatic carbocycles. The van der Waals surface area contributed by atoms with E-state index in [1.54, 1.807) is 0 Å². The second-order valence-corrected chi connectivity index (χ2v) is 5.67. The number of nitrogens with one attached hydrogen (secondary N) is 1. The van der Waals surface area contributed by atoms with E-state index in [0.29, 0.717) is 5.92 Å². The summed E-state index contributed by atoms with van der Waals surface area (Å²) in [5.74, 6) is 1.58. The summed E-state index contributed by atoms with van der Waals surface area (Å²) < 4.78 is 0. The summed E-state index contributed by atoms with van der Waals surface area (Å²) in [7, 11) is 0. The smallest absolute Gasteiger partial charge is 0.139 e. The van der Waals surface area contributed by atoms with E-state index in [2.05, 4.69) is 31.7 Å². The highest BCUT2D eigenvalue weighted by Crippen LogP contribution is 2.27. The van der Waals surface area contributed by atoms with E-state index in [1.807, 2.05) is 0 Å². The molecule has 4 heteroatoms. The van der Waals surface area contributed by atoms with Crippen LogP contribution in [-0.4, -0.2) is 23.9 Å². The fourth-order valence-corrected chi connectivity index (χ4v) is 2.71. The zero-order chi connectivity index (χ0) is 14.0. The molecule has 0 unspecified atom stereocenters. The third-order valence-corrected chi connectivity index (χ3v) is 3.59. The molecule has 3 N–H and O–H groups in total. The summed E-state index contributed by atoms with van der Waals surface area (Å²) in [4.78, 5) is 7.04. The van der Waals surface area contributed by atoms with Gasteiger partial charge in [0.05, 0.1) is 5.56 Å². The second kappa shape index (κ2) is 5.59. The molecule has 1 aromatic heterocycles. The van der Waals surface area contributed by atoms with Gasteiger partial charge in [0, 0.05) is 18.8 Å². The molecule has 0 aromatic carbocycles. The zero-order valence-corrected chi connectivity index (χ0v) is 12.2. The van der Waals surface area contributed by atoms with Crippen LogP contribution >= 0.6 is 0 Å². The van der Waals surface area contributed by atoms with Crippen LogP contribution in [0.4, 0.5) is 5.82 Å². The van der Waals surface area contributed by atoms with Gasteiger partial charge in [0.25, 0.3) is 0 Å². The van der Waals surface area contributed by atoms with Crippen molar-refractivity contribution in [3.05, 3.63) is 22.9 Å². The Bertz CT molecular complexity index is 479. The number of nitrogen functional groups attached to an aromatic ring is 1. The molecular weight excluding hydrogens is 236 g/mol. The van der Waals surface area contributed by atoms with Crippen molar-refractivity contribution in [2.75, 3.05) is 18.0 Å². The van der Waals surface area contributed by atoms with E-state index in [-0.39, 0.29) is 5.84 Å². The normalized spacial score (nSPS) is 13.7. The lowest BCUT2D eigenvalue weighted by Gasteiger charge is -2.26. The lowest BCUT2D eigenvalue weighted by molar-refractivity contribution is 0.613. The number of nitrogens with two attached hydrogens (primary N) is 1. The van der Waals surface area contributed by atoms with Crippen LogP contribution < -0.4 is 10.6 Å². The Labute approximate surface area is 115 Å². The minimum absolute atomic E-state index is 0.124. The number of fused-ring (bicyclic) bond motifs is 1. The summed E-state index contributed by atoms with van der Waals surface area (Å²) in [5, 5.41) is 7.80. The van der Waals surface area contributed by atoms with E-state index in [0.717, 1.165) is 37.3 Å². The van der Waals surface area contributed by atoms with Crippen LogP contribution in [0.5, 0.6) is 0 Å². The molecule has 19 heavy (non-hydrogen) atoms. The SMILES string of the molecule is CCN(CC(C)C)c1nc2c(cc1C(=N)N)CCC2. The molecule has 4 nitrogen and oxygen atoms in total. The van der Waals surface area contributed by atoms with Gasteiger partial charge < -0.3 is 10.6 Å². The maximum Gasteiger partial charge on any atom is 0.139 e. The van der Waals surface area contributed by atoms with Gasteiger partial charge in [-0.05, 0) is 43.7 Å². The maximum atomic E-state index is 7.80. The molecule has 1 aromatic rings. The lowest BCUT2D eigenvalue weighted by Crippen LogP contribution is -2.31. The number of aromatic nitrogens is 1. The first kappa shape index (κ1) is 13.8. The van der Waals surface area contributed by atoms with Gasteiger partial charge >= 0.3 is 0 Å². The molecule has 0 fully saturated rings. The van der Waals surface area contributed by atoms with Gasteiger partial charge in [0.2, 0.25) is 0 Å². The minimum atomic E-state index is 0.124. The molecular formula is C15H24N4. The molecule has 0 amide bonds.